The highest BCUT2D eigenvalue weighted by Crippen LogP contribution is 2.16. The minimum absolute atomic E-state index is 0. The molecule has 0 atom stereocenters. The molecule has 0 bridgehead atoms. The van der Waals surface area contributed by atoms with Crippen LogP contribution in [-0.2, 0) is 0 Å². The third-order valence-electron chi connectivity index (χ3n) is 4.28. The van der Waals surface area contributed by atoms with Gasteiger partial charge in [0.05, 0.1) is 0 Å². The van der Waals surface area contributed by atoms with Crippen LogP contribution in [0.1, 0.15) is 96.8 Å². The molecule has 0 aromatic heterocycles. The summed E-state index contributed by atoms with van der Waals surface area (Å²) < 4.78 is 0. The monoisotopic (exact) mass is 330 g/mol. The first kappa shape index (κ1) is 23.7. The maximum absolute atomic E-state index is 2.50. The molecule has 0 aliphatic heterocycles. The lowest BCUT2D eigenvalue weighted by atomic mass is 10.0. The van der Waals surface area contributed by atoms with E-state index in [-0.39, 0.29) is 11.0 Å². The van der Waals surface area contributed by atoms with Crippen molar-refractivity contribution >= 4 is 19.0 Å². The average molecular weight is 331 g/mol. The summed E-state index contributed by atoms with van der Waals surface area (Å²) >= 11 is 0. The van der Waals surface area contributed by atoms with Gasteiger partial charge in [-0.2, -0.15) is 0 Å². The zero-order valence-electron chi connectivity index (χ0n) is 15.1. The topological polar surface area (TPSA) is 0 Å². The first-order chi connectivity index (χ1) is 9.56. The Kier molecular flexibility index (Phi) is 19.0. The van der Waals surface area contributed by atoms with Crippen molar-refractivity contribution in [1.82, 2.24) is 0 Å². The minimum atomic E-state index is -0.760. The molecule has 0 spiro atoms. The van der Waals surface area contributed by atoms with Crippen molar-refractivity contribution in [2.75, 3.05) is 0 Å². The SMILES string of the molecule is CCCCCCCCCCCCCCCC[Si](C)(C)C.[SiH4]. The standard InChI is InChI=1S/C19H42Si.H4Si/c1-5-6-7-8-9-10-11-12-13-14-15-16-17-18-19-20(2,3)4;/h5-19H2,1-4H3;1H4. The summed E-state index contributed by atoms with van der Waals surface area (Å²) in [6, 6.07) is 1.53. The molecular formula is C19H46Si2. The van der Waals surface area contributed by atoms with Crippen LogP contribution in [0.3, 0.4) is 0 Å². The summed E-state index contributed by atoms with van der Waals surface area (Å²) in [6.07, 6.45) is 20.6. The van der Waals surface area contributed by atoms with E-state index in [1.165, 1.54) is 95.9 Å². The molecule has 0 saturated heterocycles. The maximum atomic E-state index is 2.50. The lowest BCUT2D eigenvalue weighted by Gasteiger charge is -2.14. The molecule has 0 heterocycles. The quantitative estimate of drug-likeness (QED) is 0.242. The second kappa shape index (κ2) is 16.8. The molecule has 0 aromatic rings. The molecule has 0 aliphatic rings. The van der Waals surface area contributed by atoms with Gasteiger partial charge in [-0.1, -0.05) is 123 Å². The zero-order valence-corrected chi connectivity index (χ0v) is 16.1. The molecule has 130 valence electrons. The van der Waals surface area contributed by atoms with Gasteiger partial charge in [-0.25, -0.2) is 0 Å². The van der Waals surface area contributed by atoms with Gasteiger partial charge >= 0.3 is 0 Å². The molecule has 0 radical (unpaired) electrons. The van der Waals surface area contributed by atoms with Crippen LogP contribution in [0.2, 0.25) is 25.7 Å². The van der Waals surface area contributed by atoms with Crippen molar-refractivity contribution in [3.8, 4) is 0 Å². The van der Waals surface area contributed by atoms with E-state index in [0.717, 1.165) is 0 Å². The highest BCUT2D eigenvalue weighted by molar-refractivity contribution is 6.76. The molecule has 0 saturated carbocycles. The van der Waals surface area contributed by atoms with Gasteiger partial charge in [-0.05, 0) is 11.0 Å². The van der Waals surface area contributed by atoms with Crippen molar-refractivity contribution < 1.29 is 0 Å². The maximum Gasteiger partial charge on any atom is 0.0442 e. The number of hydrogen-bond acceptors (Lipinski definition) is 0. The van der Waals surface area contributed by atoms with Crippen molar-refractivity contribution in [3.05, 3.63) is 0 Å². The van der Waals surface area contributed by atoms with Crippen LogP contribution in [0.15, 0.2) is 0 Å². The van der Waals surface area contributed by atoms with Gasteiger partial charge in [0.1, 0.15) is 0 Å². The summed E-state index contributed by atoms with van der Waals surface area (Å²) in [6.45, 7) is 9.78. The Morgan fingerprint density at radius 3 is 1.05 bits per heavy atom. The second-order valence-corrected chi connectivity index (χ2v) is 13.5. The molecule has 0 aliphatic carbocycles. The summed E-state index contributed by atoms with van der Waals surface area (Å²) in [5, 5.41) is 0. The van der Waals surface area contributed by atoms with E-state index in [9.17, 15) is 0 Å². The Hall–Kier alpha value is 0.434. The Balaban J connectivity index is 0. The molecule has 0 rings (SSSR count). The van der Waals surface area contributed by atoms with Crippen LogP contribution >= 0.6 is 0 Å². The van der Waals surface area contributed by atoms with Crippen LogP contribution in [-0.4, -0.2) is 19.0 Å². The average Bonchev–Trinajstić information content (AvgIpc) is 2.38. The van der Waals surface area contributed by atoms with Crippen molar-refractivity contribution in [2.45, 2.75) is 123 Å². The van der Waals surface area contributed by atoms with E-state index in [0.29, 0.717) is 0 Å². The second-order valence-electron chi connectivity index (χ2n) is 7.91. The molecule has 0 unspecified atom stereocenters. The Bertz CT molecular complexity index is 184. The molecule has 21 heavy (non-hydrogen) atoms. The lowest BCUT2D eigenvalue weighted by molar-refractivity contribution is 0.538. The molecule has 0 N–H and O–H groups in total. The van der Waals surface area contributed by atoms with Gasteiger partial charge < -0.3 is 0 Å². The van der Waals surface area contributed by atoms with Gasteiger partial charge in [-0.15, -0.1) is 0 Å². The fourth-order valence-corrected chi connectivity index (χ4v) is 4.16. The Labute approximate surface area is 141 Å². The van der Waals surface area contributed by atoms with Crippen LogP contribution < -0.4 is 0 Å². The molecule has 0 aromatic carbocycles. The molecule has 0 fully saturated rings. The number of unbranched alkanes of at least 4 members (excludes halogenated alkanes) is 13. The predicted octanol–water partition coefficient (Wildman–Crippen LogP) is 6.35. The van der Waals surface area contributed by atoms with Gasteiger partial charge in [0.15, 0.2) is 0 Å². The first-order valence-corrected chi connectivity index (χ1v) is 13.3. The number of rotatable bonds is 15. The minimum Gasteiger partial charge on any atom is -0.0695 e. The van der Waals surface area contributed by atoms with Crippen LogP contribution in [0.4, 0.5) is 0 Å². The Morgan fingerprint density at radius 2 is 0.762 bits per heavy atom. The largest absolute Gasteiger partial charge is 0.0695 e. The smallest absolute Gasteiger partial charge is 0.0442 e. The number of hydrogen-bond donors (Lipinski definition) is 0. The summed E-state index contributed by atoms with van der Waals surface area (Å²) in [5.74, 6) is 0. The highest BCUT2D eigenvalue weighted by Gasteiger charge is 2.11. The van der Waals surface area contributed by atoms with E-state index < -0.39 is 8.07 Å². The van der Waals surface area contributed by atoms with E-state index in [4.69, 9.17) is 0 Å². The molecule has 2 heteroatoms. The van der Waals surface area contributed by atoms with Gasteiger partial charge in [0, 0.05) is 8.07 Å². The van der Waals surface area contributed by atoms with E-state index >= 15 is 0 Å². The van der Waals surface area contributed by atoms with Crippen LogP contribution in [0.5, 0.6) is 0 Å². The summed E-state index contributed by atoms with van der Waals surface area (Å²) in [7, 11) is -0.760. The summed E-state index contributed by atoms with van der Waals surface area (Å²) in [4.78, 5) is 0. The summed E-state index contributed by atoms with van der Waals surface area (Å²) in [5.41, 5.74) is 0. The Morgan fingerprint density at radius 1 is 0.476 bits per heavy atom. The lowest BCUT2D eigenvalue weighted by Crippen LogP contribution is -2.18. The molecule has 0 nitrogen and oxygen atoms in total. The van der Waals surface area contributed by atoms with E-state index in [1.807, 2.05) is 0 Å². The third-order valence-corrected chi connectivity index (χ3v) is 6.13. The first-order valence-electron chi connectivity index (χ1n) is 9.56. The van der Waals surface area contributed by atoms with Crippen molar-refractivity contribution in [2.24, 2.45) is 0 Å². The van der Waals surface area contributed by atoms with Gasteiger partial charge in [0.2, 0.25) is 0 Å². The van der Waals surface area contributed by atoms with E-state index in [2.05, 4.69) is 26.6 Å². The normalized spacial score (nSPS) is 11.4. The van der Waals surface area contributed by atoms with Crippen molar-refractivity contribution in [3.63, 3.8) is 0 Å². The molecular weight excluding hydrogens is 284 g/mol. The van der Waals surface area contributed by atoms with Gasteiger partial charge in [0.25, 0.3) is 0 Å². The van der Waals surface area contributed by atoms with Crippen molar-refractivity contribution in [1.29, 1.82) is 0 Å². The van der Waals surface area contributed by atoms with Crippen LogP contribution in [0.25, 0.3) is 0 Å². The highest BCUT2D eigenvalue weighted by atomic mass is 28.3. The van der Waals surface area contributed by atoms with Gasteiger partial charge in [-0.3, -0.25) is 0 Å². The zero-order chi connectivity index (χ0) is 15.1. The fourth-order valence-electron chi connectivity index (χ4n) is 2.85. The third kappa shape index (κ3) is 22.8. The predicted molar refractivity (Wildman–Crippen MR) is 110 cm³/mol. The van der Waals surface area contributed by atoms with Crippen LogP contribution in [0, 0.1) is 0 Å². The van der Waals surface area contributed by atoms with E-state index in [1.54, 1.807) is 0 Å². The fraction of sp³-hybridized carbons (Fsp3) is 1.00. The molecule has 0 amide bonds.